The van der Waals surface area contributed by atoms with Gasteiger partial charge in [0.15, 0.2) is 0 Å². The molecule has 0 spiro atoms. The summed E-state index contributed by atoms with van der Waals surface area (Å²) in [6.45, 7) is 4.14. The lowest BCUT2D eigenvalue weighted by Gasteiger charge is -2.14. The molecule has 19 heavy (non-hydrogen) atoms. The Morgan fingerprint density at radius 3 is 2.58 bits per heavy atom. The fourth-order valence-corrected chi connectivity index (χ4v) is 2.96. The summed E-state index contributed by atoms with van der Waals surface area (Å²) < 4.78 is 13.9. The smallest absolute Gasteiger partial charge is 0.129 e. The van der Waals surface area contributed by atoms with Crippen molar-refractivity contribution in [3.63, 3.8) is 0 Å². The molecular weight excluding hydrogens is 327 g/mol. The van der Waals surface area contributed by atoms with Crippen LogP contribution in [-0.2, 0) is 6.42 Å². The first-order chi connectivity index (χ1) is 8.97. The number of aryl methyl sites for hydroxylation is 2. The van der Waals surface area contributed by atoms with Gasteiger partial charge in [-0.25, -0.2) is 4.39 Å². The SMILES string of the molecule is Cc1ccc(C)c(CC(Br)c2ccc(Cl)cc2F)c1. The summed E-state index contributed by atoms with van der Waals surface area (Å²) in [7, 11) is 0. The van der Waals surface area contributed by atoms with Crippen LogP contribution < -0.4 is 0 Å². The van der Waals surface area contributed by atoms with E-state index in [2.05, 4.69) is 48.0 Å². The van der Waals surface area contributed by atoms with Gasteiger partial charge < -0.3 is 0 Å². The maximum atomic E-state index is 13.9. The highest BCUT2D eigenvalue weighted by Crippen LogP contribution is 2.31. The molecule has 0 radical (unpaired) electrons. The largest absolute Gasteiger partial charge is 0.207 e. The van der Waals surface area contributed by atoms with E-state index in [0.29, 0.717) is 10.6 Å². The summed E-state index contributed by atoms with van der Waals surface area (Å²) in [6, 6.07) is 11.2. The number of rotatable bonds is 3. The molecule has 0 saturated heterocycles. The van der Waals surface area contributed by atoms with Crippen LogP contribution in [0.15, 0.2) is 36.4 Å². The van der Waals surface area contributed by atoms with Crippen molar-refractivity contribution in [3.8, 4) is 0 Å². The van der Waals surface area contributed by atoms with E-state index in [-0.39, 0.29) is 10.6 Å². The van der Waals surface area contributed by atoms with Crippen LogP contribution in [0.4, 0.5) is 4.39 Å². The monoisotopic (exact) mass is 340 g/mol. The average molecular weight is 342 g/mol. The molecule has 0 saturated carbocycles. The zero-order valence-corrected chi connectivity index (χ0v) is 13.2. The van der Waals surface area contributed by atoms with Gasteiger partial charge in [-0.15, -0.1) is 0 Å². The zero-order chi connectivity index (χ0) is 14.0. The fourth-order valence-electron chi connectivity index (χ4n) is 2.08. The van der Waals surface area contributed by atoms with E-state index in [1.165, 1.54) is 22.8 Å². The molecule has 0 amide bonds. The zero-order valence-electron chi connectivity index (χ0n) is 10.9. The van der Waals surface area contributed by atoms with Gasteiger partial charge in [-0.1, -0.05) is 57.4 Å². The van der Waals surface area contributed by atoms with Gasteiger partial charge in [0, 0.05) is 15.4 Å². The van der Waals surface area contributed by atoms with Crippen molar-refractivity contribution in [1.82, 2.24) is 0 Å². The van der Waals surface area contributed by atoms with Gasteiger partial charge in [0.25, 0.3) is 0 Å². The van der Waals surface area contributed by atoms with Gasteiger partial charge >= 0.3 is 0 Å². The highest BCUT2D eigenvalue weighted by Gasteiger charge is 2.14. The van der Waals surface area contributed by atoms with Crippen LogP contribution in [0.25, 0.3) is 0 Å². The topological polar surface area (TPSA) is 0 Å². The Labute approximate surface area is 126 Å². The maximum absolute atomic E-state index is 13.9. The molecule has 2 aromatic carbocycles. The van der Waals surface area contributed by atoms with E-state index < -0.39 is 0 Å². The van der Waals surface area contributed by atoms with Crippen LogP contribution in [0.2, 0.25) is 5.02 Å². The minimum absolute atomic E-state index is 0.0507. The van der Waals surface area contributed by atoms with Gasteiger partial charge in [0.05, 0.1) is 0 Å². The highest BCUT2D eigenvalue weighted by molar-refractivity contribution is 9.09. The van der Waals surface area contributed by atoms with E-state index in [1.54, 1.807) is 12.1 Å². The summed E-state index contributed by atoms with van der Waals surface area (Å²) in [5, 5.41) is 0.424. The molecule has 0 nitrogen and oxygen atoms in total. The van der Waals surface area contributed by atoms with Crippen LogP contribution in [0.3, 0.4) is 0 Å². The second kappa shape index (κ2) is 6.06. The van der Waals surface area contributed by atoms with E-state index in [1.807, 2.05) is 0 Å². The van der Waals surface area contributed by atoms with E-state index in [4.69, 9.17) is 11.6 Å². The van der Waals surface area contributed by atoms with Gasteiger partial charge in [-0.05, 0) is 43.5 Å². The Morgan fingerprint density at radius 2 is 1.89 bits per heavy atom. The van der Waals surface area contributed by atoms with Crippen LogP contribution >= 0.6 is 27.5 Å². The van der Waals surface area contributed by atoms with Gasteiger partial charge in [0.1, 0.15) is 5.82 Å². The predicted octanol–water partition coefficient (Wildman–Crippen LogP) is 5.77. The summed E-state index contributed by atoms with van der Waals surface area (Å²) in [5.41, 5.74) is 4.32. The van der Waals surface area contributed by atoms with E-state index in [0.717, 1.165) is 6.42 Å². The lowest BCUT2D eigenvalue weighted by atomic mass is 9.98. The minimum Gasteiger partial charge on any atom is -0.207 e. The van der Waals surface area contributed by atoms with Crippen molar-refractivity contribution < 1.29 is 4.39 Å². The Hall–Kier alpha value is -0.860. The highest BCUT2D eigenvalue weighted by atomic mass is 79.9. The Morgan fingerprint density at radius 1 is 1.16 bits per heavy atom. The molecule has 100 valence electrons. The molecule has 1 atom stereocenters. The molecule has 1 unspecified atom stereocenters. The Balaban J connectivity index is 2.25. The first-order valence-electron chi connectivity index (χ1n) is 6.12. The minimum atomic E-state index is -0.264. The molecule has 3 heteroatoms. The van der Waals surface area contributed by atoms with Crippen LogP contribution in [0.1, 0.15) is 27.1 Å². The fraction of sp³-hybridized carbons (Fsp3) is 0.250. The number of hydrogen-bond donors (Lipinski definition) is 0. The third kappa shape index (κ3) is 3.58. The molecule has 0 heterocycles. The lowest BCUT2D eigenvalue weighted by molar-refractivity contribution is 0.608. The second-order valence-electron chi connectivity index (χ2n) is 4.77. The molecule has 2 rings (SSSR count). The lowest BCUT2D eigenvalue weighted by Crippen LogP contribution is -2.00. The number of halogens is 3. The summed E-state index contributed by atoms with van der Waals surface area (Å²) in [6.07, 6.45) is 0.756. The molecule has 0 N–H and O–H groups in total. The molecule has 0 aromatic heterocycles. The van der Waals surface area contributed by atoms with Crippen molar-refractivity contribution in [2.24, 2.45) is 0 Å². The maximum Gasteiger partial charge on any atom is 0.129 e. The number of benzene rings is 2. The van der Waals surface area contributed by atoms with Gasteiger partial charge in [0.2, 0.25) is 0 Å². The van der Waals surface area contributed by atoms with Crippen molar-refractivity contribution in [3.05, 3.63) is 69.5 Å². The molecule has 0 aliphatic rings. The molecule has 0 aliphatic heterocycles. The van der Waals surface area contributed by atoms with Crippen molar-refractivity contribution in [2.45, 2.75) is 25.1 Å². The predicted molar refractivity (Wildman–Crippen MR) is 82.7 cm³/mol. The summed E-state index contributed by atoms with van der Waals surface area (Å²) in [5.74, 6) is -0.264. The Bertz CT molecular complexity index is 595. The quantitative estimate of drug-likeness (QED) is 0.621. The standard InChI is InChI=1S/C16H15BrClF/c1-10-3-4-11(2)12(7-10)8-15(17)14-6-5-13(18)9-16(14)19/h3-7,9,15H,8H2,1-2H3. The third-order valence-electron chi connectivity index (χ3n) is 3.20. The molecular formula is C16H15BrClF. The normalized spacial score (nSPS) is 12.5. The first kappa shape index (κ1) is 14.5. The van der Waals surface area contributed by atoms with Gasteiger partial charge in [-0.3, -0.25) is 0 Å². The van der Waals surface area contributed by atoms with Crippen molar-refractivity contribution in [1.29, 1.82) is 0 Å². The van der Waals surface area contributed by atoms with Crippen LogP contribution in [0, 0.1) is 19.7 Å². The van der Waals surface area contributed by atoms with Crippen molar-refractivity contribution >= 4 is 27.5 Å². The van der Waals surface area contributed by atoms with Crippen LogP contribution in [-0.4, -0.2) is 0 Å². The Kier molecular flexibility index (Phi) is 4.64. The molecule has 0 aliphatic carbocycles. The number of hydrogen-bond acceptors (Lipinski definition) is 0. The van der Waals surface area contributed by atoms with E-state index in [9.17, 15) is 4.39 Å². The van der Waals surface area contributed by atoms with E-state index >= 15 is 0 Å². The van der Waals surface area contributed by atoms with Crippen LogP contribution in [0.5, 0.6) is 0 Å². The summed E-state index contributed by atoms with van der Waals surface area (Å²) in [4.78, 5) is -0.0507. The van der Waals surface area contributed by atoms with Gasteiger partial charge in [-0.2, -0.15) is 0 Å². The first-order valence-corrected chi connectivity index (χ1v) is 7.42. The third-order valence-corrected chi connectivity index (χ3v) is 4.26. The molecule has 0 bridgehead atoms. The molecule has 0 fully saturated rings. The number of alkyl halides is 1. The second-order valence-corrected chi connectivity index (χ2v) is 6.31. The average Bonchev–Trinajstić information content (AvgIpc) is 2.33. The van der Waals surface area contributed by atoms with Crippen molar-refractivity contribution in [2.75, 3.05) is 0 Å². The summed E-state index contributed by atoms with van der Waals surface area (Å²) >= 11 is 9.35. The molecule has 2 aromatic rings.